The van der Waals surface area contributed by atoms with E-state index in [1.165, 1.54) is 0 Å². The Balaban J connectivity index is 1.42. The predicted molar refractivity (Wildman–Crippen MR) is 151 cm³/mol. The molecule has 1 atom stereocenters. The molecule has 0 saturated heterocycles. The number of carbonyl (C=O) groups is 2. The first-order valence-electron chi connectivity index (χ1n) is 13.0. The summed E-state index contributed by atoms with van der Waals surface area (Å²) in [6.45, 7) is 5.56. The molecule has 1 unspecified atom stereocenters. The van der Waals surface area contributed by atoms with E-state index < -0.39 is 11.9 Å². The molecular formula is C32H31ClN2O4. The van der Waals surface area contributed by atoms with Crippen molar-refractivity contribution in [2.45, 2.75) is 26.3 Å². The fourth-order valence-corrected chi connectivity index (χ4v) is 5.46. The van der Waals surface area contributed by atoms with Crippen LogP contribution in [0.5, 0.6) is 5.75 Å². The number of hydrogen-bond acceptors (Lipinski definition) is 6. The zero-order chi connectivity index (χ0) is 27.4. The maximum atomic E-state index is 13.7. The molecular weight excluding hydrogens is 512 g/mol. The number of allylic oxidation sites excluding steroid dienone is 1. The second-order valence-electron chi connectivity index (χ2n) is 9.79. The number of dihydropyridines is 1. The summed E-state index contributed by atoms with van der Waals surface area (Å²) in [5, 5.41) is 3.96. The van der Waals surface area contributed by atoms with E-state index in [4.69, 9.17) is 21.1 Å². The van der Waals surface area contributed by atoms with Gasteiger partial charge in [-0.2, -0.15) is 0 Å². The van der Waals surface area contributed by atoms with Gasteiger partial charge in [-0.05, 0) is 48.7 Å². The Morgan fingerprint density at radius 3 is 2.41 bits per heavy atom. The van der Waals surface area contributed by atoms with Crippen molar-refractivity contribution in [1.82, 2.24) is 10.2 Å². The third-order valence-electron chi connectivity index (χ3n) is 7.11. The number of esters is 1. The van der Waals surface area contributed by atoms with Crippen LogP contribution in [-0.2, 0) is 20.9 Å². The van der Waals surface area contributed by atoms with Gasteiger partial charge in [-0.15, -0.1) is 0 Å². The number of benzene rings is 3. The molecule has 0 saturated carbocycles. The van der Waals surface area contributed by atoms with E-state index in [2.05, 4.69) is 22.3 Å². The van der Waals surface area contributed by atoms with Gasteiger partial charge < -0.3 is 14.8 Å². The standard InChI is InChI=1S/C32H31ClN2O4/c1-21-25(14-9-15-26(21)33)30-29(32(37)39-17-16-38-24-12-7-4-8-13-24)22(2)34-27-19-35(20-28(36)31(27)30)18-23-10-5-3-6-11-23/h3-15,30,34H,16-20H2,1-2H3. The number of carbonyl (C=O) groups excluding carboxylic acids is 2. The maximum absolute atomic E-state index is 13.7. The Morgan fingerprint density at radius 1 is 0.949 bits per heavy atom. The average Bonchev–Trinajstić information content (AvgIpc) is 2.93. The van der Waals surface area contributed by atoms with Crippen LogP contribution in [0.25, 0.3) is 0 Å². The number of rotatable bonds is 8. The van der Waals surface area contributed by atoms with E-state index in [0.717, 1.165) is 22.4 Å². The maximum Gasteiger partial charge on any atom is 0.336 e. The quantitative estimate of drug-likeness (QED) is 0.296. The van der Waals surface area contributed by atoms with E-state index in [-0.39, 0.29) is 25.5 Å². The number of nitrogens with one attached hydrogen (secondary N) is 1. The molecule has 200 valence electrons. The normalized spacial score (nSPS) is 17.5. The lowest BCUT2D eigenvalue weighted by atomic mass is 9.76. The molecule has 1 N–H and O–H groups in total. The predicted octanol–water partition coefficient (Wildman–Crippen LogP) is 5.57. The van der Waals surface area contributed by atoms with Crippen LogP contribution in [0.4, 0.5) is 0 Å². The highest BCUT2D eigenvalue weighted by molar-refractivity contribution is 6.31. The molecule has 7 heteroatoms. The monoisotopic (exact) mass is 542 g/mol. The van der Waals surface area contributed by atoms with Crippen LogP contribution >= 0.6 is 11.6 Å². The SMILES string of the molecule is CC1=C(C(=O)OCCOc2ccccc2)C(c2cccc(Cl)c2C)C2=C(CN(Cc3ccccc3)CC2=O)N1. The first-order chi connectivity index (χ1) is 18.9. The first-order valence-corrected chi connectivity index (χ1v) is 13.4. The van der Waals surface area contributed by atoms with Gasteiger partial charge in [0.25, 0.3) is 0 Å². The van der Waals surface area contributed by atoms with Gasteiger partial charge >= 0.3 is 5.97 Å². The molecule has 0 aliphatic carbocycles. The van der Waals surface area contributed by atoms with E-state index in [1.807, 2.05) is 80.6 Å². The Labute approximate surface area is 233 Å². The molecule has 0 radical (unpaired) electrons. The summed E-state index contributed by atoms with van der Waals surface area (Å²) in [4.78, 5) is 29.4. The molecule has 0 bridgehead atoms. The van der Waals surface area contributed by atoms with Crippen LogP contribution in [0.1, 0.15) is 29.5 Å². The van der Waals surface area contributed by atoms with Crippen molar-refractivity contribution in [2.75, 3.05) is 26.3 Å². The van der Waals surface area contributed by atoms with Gasteiger partial charge in [0.2, 0.25) is 0 Å². The molecule has 5 rings (SSSR count). The molecule has 0 spiro atoms. The summed E-state index contributed by atoms with van der Waals surface area (Å²) in [5.41, 5.74) is 5.30. The Hall–Kier alpha value is -3.87. The fourth-order valence-electron chi connectivity index (χ4n) is 5.28. The van der Waals surface area contributed by atoms with Gasteiger partial charge in [0.05, 0.1) is 12.1 Å². The van der Waals surface area contributed by atoms with Crippen molar-refractivity contribution in [1.29, 1.82) is 0 Å². The Morgan fingerprint density at radius 2 is 1.67 bits per heavy atom. The number of hydrogen-bond donors (Lipinski definition) is 1. The van der Waals surface area contributed by atoms with Crippen LogP contribution in [0.3, 0.4) is 0 Å². The Kier molecular flexibility index (Phi) is 8.15. The summed E-state index contributed by atoms with van der Waals surface area (Å²) in [6.07, 6.45) is 0. The van der Waals surface area contributed by atoms with Gasteiger partial charge in [-0.3, -0.25) is 9.69 Å². The molecule has 0 amide bonds. The van der Waals surface area contributed by atoms with Crippen LogP contribution in [-0.4, -0.2) is 43.0 Å². The zero-order valence-corrected chi connectivity index (χ0v) is 22.8. The summed E-state index contributed by atoms with van der Waals surface area (Å²) in [7, 11) is 0. The molecule has 2 aliphatic rings. The van der Waals surface area contributed by atoms with Crippen LogP contribution in [0.2, 0.25) is 5.02 Å². The zero-order valence-electron chi connectivity index (χ0n) is 22.1. The van der Waals surface area contributed by atoms with Gasteiger partial charge in [-0.25, -0.2) is 4.79 Å². The molecule has 0 aromatic heterocycles. The van der Waals surface area contributed by atoms with Gasteiger partial charge in [0.15, 0.2) is 5.78 Å². The number of ketones is 1. The van der Waals surface area contributed by atoms with Crippen LogP contribution in [0.15, 0.2) is 101 Å². The summed E-state index contributed by atoms with van der Waals surface area (Å²) >= 11 is 6.51. The van der Waals surface area contributed by atoms with Gasteiger partial charge in [0, 0.05) is 41.0 Å². The van der Waals surface area contributed by atoms with Crippen LogP contribution < -0.4 is 10.1 Å². The summed E-state index contributed by atoms with van der Waals surface area (Å²) in [5.74, 6) is -0.367. The highest BCUT2D eigenvalue weighted by atomic mass is 35.5. The van der Waals surface area contributed by atoms with Crippen molar-refractivity contribution >= 4 is 23.4 Å². The van der Waals surface area contributed by atoms with Crippen molar-refractivity contribution < 1.29 is 19.1 Å². The molecule has 2 heterocycles. The van der Waals surface area contributed by atoms with E-state index >= 15 is 0 Å². The molecule has 3 aromatic rings. The molecule has 39 heavy (non-hydrogen) atoms. The topological polar surface area (TPSA) is 67.9 Å². The van der Waals surface area contributed by atoms with Crippen molar-refractivity contribution in [3.63, 3.8) is 0 Å². The molecule has 6 nitrogen and oxygen atoms in total. The van der Waals surface area contributed by atoms with Crippen LogP contribution in [0, 0.1) is 6.92 Å². The van der Waals surface area contributed by atoms with E-state index in [0.29, 0.717) is 40.7 Å². The highest BCUT2D eigenvalue weighted by Gasteiger charge is 2.41. The number of nitrogens with zero attached hydrogens (tertiary/aromatic N) is 1. The lowest BCUT2D eigenvalue weighted by Crippen LogP contribution is -2.45. The second-order valence-corrected chi connectivity index (χ2v) is 10.2. The lowest BCUT2D eigenvalue weighted by Gasteiger charge is -2.38. The number of halogens is 1. The van der Waals surface area contributed by atoms with Crippen molar-refractivity contribution in [3.8, 4) is 5.75 Å². The minimum atomic E-state index is -0.575. The van der Waals surface area contributed by atoms with Crippen molar-refractivity contribution in [2.24, 2.45) is 0 Å². The fraction of sp³-hybridized carbons (Fsp3) is 0.250. The summed E-state index contributed by atoms with van der Waals surface area (Å²) in [6, 6.07) is 25.1. The van der Waals surface area contributed by atoms with Gasteiger partial charge in [-0.1, -0.05) is 72.3 Å². The number of ether oxygens (including phenoxy) is 2. The number of Topliss-reactive ketones (excluding diaryl/α,β-unsaturated/α-hetero) is 1. The van der Waals surface area contributed by atoms with Gasteiger partial charge in [0.1, 0.15) is 19.0 Å². The largest absolute Gasteiger partial charge is 0.490 e. The minimum Gasteiger partial charge on any atom is -0.490 e. The van der Waals surface area contributed by atoms with E-state index in [9.17, 15) is 9.59 Å². The molecule has 3 aromatic carbocycles. The Bertz CT molecular complexity index is 1430. The first kappa shape index (κ1) is 26.7. The number of para-hydroxylation sites is 1. The minimum absolute atomic E-state index is 0.0192. The average molecular weight is 543 g/mol. The smallest absolute Gasteiger partial charge is 0.336 e. The third-order valence-corrected chi connectivity index (χ3v) is 7.52. The van der Waals surface area contributed by atoms with E-state index in [1.54, 1.807) is 0 Å². The molecule has 2 aliphatic heterocycles. The lowest BCUT2D eigenvalue weighted by molar-refractivity contribution is -0.140. The summed E-state index contributed by atoms with van der Waals surface area (Å²) < 4.78 is 11.4. The third kappa shape index (κ3) is 5.92. The second kappa shape index (κ2) is 11.9. The van der Waals surface area contributed by atoms with Crippen molar-refractivity contribution in [3.05, 3.63) is 123 Å². The molecule has 0 fully saturated rings. The highest BCUT2D eigenvalue weighted by Crippen LogP contribution is 2.43.